The Morgan fingerprint density at radius 1 is 1.07 bits per heavy atom. The summed E-state index contributed by atoms with van der Waals surface area (Å²) in [7, 11) is 0. The van der Waals surface area contributed by atoms with E-state index in [0.717, 1.165) is 6.61 Å². The minimum atomic E-state index is 0.345. The number of aryl methyl sites for hydroxylation is 1. The Bertz CT molecular complexity index is 349. The number of rotatable bonds is 1. The van der Waals surface area contributed by atoms with Gasteiger partial charge in [-0.2, -0.15) is 0 Å². The van der Waals surface area contributed by atoms with Crippen LogP contribution >= 0.6 is 0 Å². The van der Waals surface area contributed by atoms with Crippen LogP contribution in [0.15, 0.2) is 12.1 Å². The van der Waals surface area contributed by atoms with E-state index in [1.165, 1.54) is 41.5 Å². The number of benzene rings is 1. The van der Waals surface area contributed by atoms with E-state index in [1.54, 1.807) is 0 Å². The predicted molar refractivity (Wildman–Crippen MR) is 63.2 cm³/mol. The van der Waals surface area contributed by atoms with Gasteiger partial charge in [0.1, 0.15) is 0 Å². The second-order valence-corrected chi connectivity index (χ2v) is 4.58. The van der Waals surface area contributed by atoms with Crippen LogP contribution in [0.2, 0.25) is 0 Å². The van der Waals surface area contributed by atoms with E-state index in [0.29, 0.717) is 6.10 Å². The van der Waals surface area contributed by atoms with Gasteiger partial charge in [0.15, 0.2) is 0 Å². The van der Waals surface area contributed by atoms with Gasteiger partial charge in [0.2, 0.25) is 0 Å². The molecule has 2 rings (SSSR count). The molecule has 0 N–H and O–H groups in total. The molecular formula is C14H20O. The molecular weight excluding hydrogens is 184 g/mol. The molecule has 0 amide bonds. The van der Waals surface area contributed by atoms with E-state index >= 15 is 0 Å². The lowest BCUT2D eigenvalue weighted by Crippen LogP contribution is -2.13. The van der Waals surface area contributed by atoms with Crippen LogP contribution in [-0.4, -0.2) is 6.61 Å². The molecule has 0 aliphatic carbocycles. The fourth-order valence-electron chi connectivity index (χ4n) is 2.31. The summed E-state index contributed by atoms with van der Waals surface area (Å²) in [6.07, 6.45) is 4.05. The second-order valence-electron chi connectivity index (χ2n) is 4.58. The Kier molecular flexibility index (Phi) is 3.11. The van der Waals surface area contributed by atoms with Crippen molar-refractivity contribution in [1.82, 2.24) is 0 Å². The number of ether oxygens (including phenoxy) is 1. The normalized spacial score (nSPS) is 21.7. The van der Waals surface area contributed by atoms with Gasteiger partial charge in [-0.1, -0.05) is 12.1 Å². The highest BCUT2D eigenvalue weighted by Gasteiger charge is 2.18. The maximum atomic E-state index is 5.84. The lowest BCUT2D eigenvalue weighted by Gasteiger charge is -2.25. The van der Waals surface area contributed by atoms with E-state index in [1.807, 2.05) is 0 Å². The van der Waals surface area contributed by atoms with Gasteiger partial charge in [-0.05, 0) is 62.3 Å². The lowest BCUT2D eigenvalue weighted by atomic mass is 9.92. The highest BCUT2D eigenvalue weighted by atomic mass is 16.5. The van der Waals surface area contributed by atoms with Crippen LogP contribution in [0.1, 0.15) is 47.6 Å². The van der Waals surface area contributed by atoms with Crippen molar-refractivity contribution >= 4 is 0 Å². The fraction of sp³-hybridized carbons (Fsp3) is 0.571. The molecule has 1 fully saturated rings. The Balaban J connectivity index is 2.31. The highest BCUT2D eigenvalue weighted by molar-refractivity contribution is 5.40. The van der Waals surface area contributed by atoms with E-state index in [4.69, 9.17) is 4.74 Å². The van der Waals surface area contributed by atoms with Crippen molar-refractivity contribution in [2.75, 3.05) is 6.61 Å². The van der Waals surface area contributed by atoms with Gasteiger partial charge >= 0.3 is 0 Å². The zero-order chi connectivity index (χ0) is 10.8. The molecule has 1 heterocycles. The van der Waals surface area contributed by atoms with Crippen molar-refractivity contribution in [1.29, 1.82) is 0 Å². The summed E-state index contributed by atoms with van der Waals surface area (Å²) in [5.74, 6) is 0. The number of hydrogen-bond donors (Lipinski definition) is 0. The zero-order valence-corrected chi connectivity index (χ0v) is 9.97. The monoisotopic (exact) mass is 204 g/mol. The van der Waals surface area contributed by atoms with Gasteiger partial charge < -0.3 is 4.74 Å². The third-order valence-electron chi connectivity index (χ3n) is 3.63. The van der Waals surface area contributed by atoms with Crippen molar-refractivity contribution in [3.63, 3.8) is 0 Å². The minimum absolute atomic E-state index is 0.345. The Morgan fingerprint density at radius 3 is 2.53 bits per heavy atom. The van der Waals surface area contributed by atoms with E-state index in [2.05, 4.69) is 32.9 Å². The minimum Gasteiger partial charge on any atom is -0.374 e. The van der Waals surface area contributed by atoms with Crippen LogP contribution in [0, 0.1) is 20.8 Å². The van der Waals surface area contributed by atoms with Crippen molar-refractivity contribution in [3.8, 4) is 0 Å². The second kappa shape index (κ2) is 4.36. The molecule has 0 bridgehead atoms. The first-order valence-corrected chi connectivity index (χ1v) is 5.88. The first-order chi connectivity index (χ1) is 7.20. The van der Waals surface area contributed by atoms with E-state index in [9.17, 15) is 0 Å². The predicted octanol–water partition coefficient (Wildman–Crippen LogP) is 3.85. The van der Waals surface area contributed by atoms with Crippen LogP contribution in [0.4, 0.5) is 0 Å². The average Bonchev–Trinajstić information content (AvgIpc) is 2.27. The standard InChI is InChI=1S/C14H20O/c1-10-7-8-13(12(3)11(10)2)14-6-4-5-9-15-14/h7-8,14H,4-6,9H2,1-3H3. The van der Waals surface area contributed by atoms with Gasteiger partial charge in [-0.25, -0.2) is 0 Å². The van der Waals surface area contributed by atoms with E-state index in [-0.39, 0.29) is 0 Å². The zero-order valence-electron chi connectivity index (χ0n) is 9.97. The molecule has 15 heavy (non-hydrogen) atoms. The molecule has 1 saturated heterocycles. The third kappa shape index (κ3) is 2.07. The Labute approximate surface area is 92.5 Å². The Morgan fingerprint density at radius 2 is 1.87 bits per heavy atom. The highest BCUT2D eigenvalue weighted by Crippen LogP contribution is 2.31. The molecule has 1 nitrogen and oxygen atoms in total. The first kappa shape index (κ1) is 10.7. The maximum Gasteiger partial charge on any atom is 0.0827 e. The van der Waals surface area contributed by atoms with Crippen LogP contribution < -0.4 is 0 Å². The molecule has 0 aromatic heterocycles. The van der Waals surface area contributed by atoms with Gasteiger partial charge in [0.05, 0.1) is 6.10 Å². The van der Waals surface area contributed by atoms with Crippen LogP contribution in [-0.2, 0) is 4.74 Å². The summed E-state index contributed by atoms with van der Waals surface area (Å²) in [6.45, 7) is 7.53. The SMILES string of the molecule is Cc1ccc(C2CCCCO2)c(C)c1C. The summed E-state index contributed by atoms with van der Waals surface area (Å²) in [5, 5.41) is 0. The Hall–Kier alpha value is -0.820. The van der Waals surface area contributed by atoms with Crippen LogP contribution in [0.25, 0.3) is 0 Å². The topological polar surface area (TPSA) is 9.23 Å². The van der Waals surface area contributed by atoms with E-state index < -0.39 is 0 Å². The molecule has 0 spiro atoms. The number of hydrogen-bond acceptors (Lipinski definition) is 1. The average molecular weight is 204 g/mol. The molecule has 1 atom stereocenters. The van der Waals surface area contributed by atoms with Gasteiger partial charge in [-0.15, -0.1) is 0 Å². The molecule has 82 valence electrons. The molecule has 1 aromatic carbocycles. The quantitative estimate of drug-likeness (QED) is 0.675. The molecule has 1 aromatic rings. The summed E-state index contributed by atoms with van der Waals surface area (Å²) in [6, 6.07) is 4.46. The molecule has 1 heteroatoms. The molecule has 0 saturated carbocycles. The largest absolute Gasteiger partial charge is 0.374 e. The summed E-state index contributed by atoms with van der Waals surface area (Å²) < 4.78 is 5.84. The lowest BCUT2D eigenvalue weighted by molar-refractivity contribution is 0.0145. The van der Waals surface area contributed by atoms with Crippen molar-refractivity contribution < 1.29 is 4.74 Å². The van der Waals surface area contributed by atoms with Crippen molar-refractivity contribution in [3.05, 3.63) is 34.4 Å². The fourth-order valence-corrected chi connectivity index (χ4v) is 2.31. The molecule has 0 radical (unpaired) electrons. The summed E-state index contributed by atoms with van der Waals surface area (Å²) in [4.78, 5) is 0. The van der Waals surface area contributed by atoms with Gasteiger partial charge in [-0.3, -0.25) is 0 Å². The molecule has 1 aliphatic rings. The van der Waals surface area contributed by atoms with Gasteiger partial charge in [0, 0.05) is 6.61 Å². The van der Waals surface area contributed by atoms with Crippen LogP contribution in [0.3, 0.4) is 0 Å². The van der Waals surface area contributed by atoms with Crippen molar-refractivity contribution in [2.45, 2.75) is 46.1 Å². The van der Waals surface area contributed by atoms with Gasteiger partial charge in [0.25, 0.3) is 0 Å². The first-order valence-electron chi connectivity index (χ1n) is 5.88. The summed E-state index contributed by atoms with van der Waals surface area (Å²) >= 11 is 0. The smallest absolute Gasteiger partial charge is 0.0827 e. The molecule has 1 aliphatic heterocycles. The van der Waals surface area contributed by atoms with Crippen LogP contribution in [0.5, 0.6) is 0 Å². The maximum absolute atomic E-state index is 5.84. The third-order valence-corrected chi connectivity index (χ3v) is 3.63. The molecule has 1 unspecified atom stereocenters. The van der Waals surface area contributed by atoms with Crippen molar-refractivity contribution in [2.24, 2.45) is 0 Å². The summed E-state index contributed by atoms with van der Waals surface area (Å²) in [5.41, 5.74) is 5.62.